The van der Waals surface area contributed by atoms with Crippen molar-refractivity contribution < 1.29 is 9.53 Å². The Hall–Kier alpha value is -3.28. The zero-order valence-electron chi connectivity index (χ0n) is 20.7. The monoisotopic (exact) mass is 489 g/mol. The van der Waals surface area contributed by atoms with Crippen LogP contribution >= 0.6 is 11.3 Å². The fourth-order valence-corrected chi connectivity index (χ4v) is 5.39. The molecule has 1 aliphatic heterocycles. The predicted octanol–water partition coefficient (Wildman–Crippen LogP) is 4.72. The first kappa shape index (κ1) is 24.8. The summed E-state index contributed by atoms with van der Waals surface area (Å²) in [5, 5.41) is 22.8. The average molecular weight is 490 g/mol. The summed E-state index contributed by atoms with van der Waals surface area (Å²) in [6.07, 6.45) is 2.43. The fraction of sp³-hybridized carbons (Fsp3) is 0.407. The van der Waals surface area contributed by atoms with Crippen LogP contribution in [0, 0.1) is 18.3 Å². The number of benzene rings is 2. The van der Waals surface area contributed by atoms with E-state index in [9.17, 15) is 10.1 Å². The van der Waals surface area contributed by atoms with Crippen LogP contribution in [-0.2, 0) is 17.8 Å². The topological polar surface area (TPSA) is 91.1 Å². The zero-order chi connectivity index (χ0) is 24.9. The Morgan fingerprint density at radius 3 is 2.80 bits per heavy atom. The molecule has 1 aromatic heterocycles. The van der Waals surface area contributed by atoms with Crippen molar-refractivity contribution in [3.63, 3.8) is 0 Å². The zero-order valence-corrected chi connectivity index (χ0v) is 21.5. The number of nitrogens with zero attached hydrogens (tertiary/aromatic N) is 4. The van der Waals surface area contributed by atoms with Crippen molar-refractivity contribution in [2.45, 2.75) is 52.7 Å². The van der Waals surface area contributed by atoms with Crippen LogP contribution in [-0.4, -0.2) is 47.2 Å². The lowest BCUT2D eigenvalue weighted by Crippen LogP contribution is -2.32. The van der Waals surface area contributed by atoms with Crippen LogP contribution in [0.2, 0.25) is 0 Å². The number of ether oxygens (including phenoxy) is 1. The number of hydrogen-bond donors (Lipinski definition) is 1. The molecule has 1 aliphatic rings. The van der Waals surface area contributed by atoms with Crippen LogP contribution in [0.5, 0.6) is 5.75 Å². The minimum absolute atomic E-state index is 0.00250. The molecule has 1 N–H and O–H groups in total. The Labute approximate surface area is 210 Å². The Balaban J connectivity index is 1.51. The van der Waals surface area contributed by atoms with Gasteiger partial charge in [-0.05, 0) is 75.0 Å². The average Bonchev–Trinajstić information content (AvgIpc) is 3.34. The van der Waals surface area contributed by atoms with Crippen molar-refractivity contribution in [2.24, 2.45) is 0 Å². The molecule has 3 aromatic rings. The largest absolute Gasteiger partial charge is 0.490 e. The summed E-state index contributed by atoms with van der Waals surface area (Å²) in [6.45, 7) is 8.89. The van der Waals surface area contributed by atoms with Crippen molar-refractivity contribution in [1.29, 1.82) is 5.26 Å². The Kier molecular flexibility index (Phi) is 7.79. The molecule has 0 radical (unpaired) electrons. The number of carbonyl (C=O) groups is 1. The maximum atomic E-state index is 11.5. The van der Waals surface area contributed by atoms with Crippen LogP contribution in [0.1, 0.15) is 48.9 Å². The van der Waals surface area contributed by atoms with E-state index in [1.807, 2.05) is 32.0 Å². The number of carbonyl (C=O) groups excluding carboxylic acids is 1. The highest BCUT2D eigenvalue weighted by atomic mass is 32.1. The van der Waals surface area contributed by atoms with E-state index in [1.54, 1.807) is 7.05 Å². The van der Waals surface area contributed by atoms with Crippen molar-refractivity contribution >= 4 is 17.2 Å². The van der Waals surface area contributed by atoms with E-state index in [0.717, 1.165) is 53.6 Å². The molecule has 1 amide bonds. The van der Waals surface area contributed by atoms with Crippen LogP contribution < -0.4 is 10.1 Å². The highest BCUT2D eigenvalue weighted by molar-refractivity contribution is 7.17. The molecule has 35 heavy (non-hydrogen) atoms. The highest BCUT2D eigenvalue weighted by Gasteiger charge is 2.21. The molecule has 0 saturated carbocycles. The van der Waals surface area contributed by atoms with Gasteiger partial charge < -0.3 is 10.1 Å². The van der Waals surface area contributed by atoms with Gasteiger partial charge in [-0.1, -0.05) is 23.5 Å². The van der Waals surface area contributed by atoms with Crippen LogP contribution in [0.4, 0.5) is 0 Å². The Bertz CT molecular complexity index is 1260. The quantitative estimate of drug-likeness (QED) is 0.492. The van der Waals surface area contributed by atoms with Gasteiger partial charge in [0.15, 0.2) is 0 Å². The van der Waals surface area contributed by atoms with E-state index in [-0.39, 0.29) is 12.0 Å². The van der Waals surface area contributed by atoms with Gasteiger partial charge in [-0.15, -0.1) is 10.2 Å². The van der Waals surface area contributed by atoms with Crippen molar-refractivity contribution in [3.05, 3.63) is 52.6 Å². The van der Waals surface area contributed by atoms with Gasteiger partial charge in [-0.25, -0.2) is 0 Å². The van der Waals surface area contributed by atoms with E-state index < -0.39 is 0 Å². The number of rotatable bonds is 8. The number of aromatic nitrogens is 2. The first-order valence-corrected chi connectivity index (χ1v) is 12.8. The van der Waals surface area contributed by atoms with Crippen LogP contribution in [0.15, 0.2) is 30.3 Å². The van der Waals surface area contributed by atoms with E-state index in [4.69, 9.17) is 4.74 Å². The summed E-state index contributed by atoms with van der Waals surface area (Å²) in [4.78, 5) is 13.9. The molecule has 4 rings (SSSR count). The maximum absolute atomic E-state index is 11.5. The number of nitrogens with one attached hydrogen (secondary N) is 1. The van der Waals surface area contributed by atoms with Gasteiger partial charge in [0.25, 0.3) is 0 Å². The molecule has 182 valence electrons. The van der Waals surface area contributed by atoms with Gasteiger partial charge >= 0.3 is 0 Å². The summed E-state index contributed by atoms with van der Waals surface area (Å²) in [6, 6.07) is 12.2. The number of fused-ring (bicyclic) bond motifs is 1. The molecular weight excluding hydrogens is 458 g/mol. The molecular formula is C27H31N5O2S. The van der Waals surface area contributed by atoms with Gasteiger partial charge in [0.05, 0.1) is 11.7 Å². The second kappa shape index (κ2) is 11.0. The maximum Gasteiger partial charge on any atom is 0.219 e. The molecule has 0 spiro atoms. The van der Waals surface area contributed by atoms with E-state index in [1.165, 1.54) is 28.0 Å². The SMILES string of the molecule is CNC(=O)CCCN1CCc2c(ccc(-c3nnc(-c4ccc(OC(C)C)c(C#N)c4)s3)c2C)C1. The summed E-state index contributed by atoms with van der Waals surface area (Å²) >= 11 is 1.54. The third kappa shape index (κ3) is 5.69. The normalized spacial score (nSPS) is 13.4. The summed E-state index contributed by atoms with van der Waals surface area (Å²) in [5.41, 5.74) is 6.47. The van der Waals surface area contributed by atoms with Crippen molar-refractivity contribution in [1.82, 2.24) is 20.4 Å². The summed E-state index contributed by atoms with van der Waals surface area (Å²) < 4.78 is 5.74. The standard InChI is InChI=1S/C27H31N5O2S/c1-17(2)34-24-10-8-19(14-21(24)15-28)26-30-31-27(35-26)23-9-7-20-16-32(12-5-6-25(33)29-4)13-11-22(20)18(23)3/h7-10,14,17H,5-6,11-13,16H2,1-4H3,(H,29,33). The second-order valence-electron chi connectivity index (χ2n) is 9.08. The van der Waals surface area contributed by atoms with Crippen molar-refractivity contribution in [2.75, 3.05) is 20.1 Å². The molecule has 8 heteroatoms. The number of nitriles is 1. The van der Waals surface area contributed by atoms with Gasteiger partial charge in [-0.2, -0.15) is 5.26 Å². The molecule has 0 fully saturated rings. The van der Waals surface area contributed by atoms with Gasteiger partial charge in [0.2, 0.25) is 5.91 Å². The van der Waals surface area contributed by atoms with Crippen molar-refractivity contribution in [3.8, 4) is 33.0 Å². The number of amides is 1. The van der Waals surface area contributed by atoms with Crippen LogP contribution in [0.25, 0.3) is 21.1 Å². The first-order chi connectivity index (χ1) is 16.9. The molecule has 0 bridgehead atoms. The first-order valence-electron chi connectivity index (χ1n) is 12.0. The fourth-order valence-electron chi connectivity index (χ4n) is 4.47. The molecule has 7 nitrogen and oxygen atoms in total. The lowest BCUT2D eigenvalue weighted by molar-refractivity contribution is -0.120. The van der Waals surface area contributed by atoms with Gasteiger partial charge in [-0.3, -0.25) is 9.69 Å². The molecule has 0 atom stereocenters. The smallest absolute Gasteiger partial charge is 0.219 e. The molecule has 0 aliphatic carbocycles. The van der Waals surface area contributed by atoms with E-state index >= 15 is 0 Å². The summed E-state index contributed by atoms with van der Waals surface area (Å²) in [5.74, 6) is 0.687. The Morgan fingerprint density at radius 1 is 1.26 bits per heavy atom. The molecule has 0 saturated heterocycles. The van der Waals surface area contributed by atoms with E-state index in [2.05, 4.69) is 45.5 Å². The molecule has 2 aromatic carbocycles. The van der Waals surface area contributed by atoms with E-state index in [0.29, 0.717) is 17.7 Å². The summed E-state index contributed by atoms with van der Waals surface area (Å²) in [7, 11) is 1.68. The second-order valence-corrected chi connectivity index (χ2v) is 10.1. The number of hydrogen-bond acceptors (Lipinski definition) is 7. The third-order valence-corrected chi connectivity index (χ3v) is 7.30. The lowest BCUT2D eigenvalue weighted by atomic mass is 9.92. The minimum Gasteiger partial charge on any atom is -0.490 e. The predicted molar refractivity (Wildman–Crippen MR) is 138 cm³/mol. The highest BCUT2D eigenvalue weighted by Crippen LogP contribution is 2.36. The molecule has 2 heterocycles. The lowest BCUT2D eigenvalue weighted by Gasteiger charge is -2.30. The van der Waals surface area contributed by atoms with Crippen LogP contribution in [0.3, 0.4) is 0 Å². The van der Waals surface area contributed by atoms with Gasteiger partial charge in [0.1, 0.15) is 21.8 Å². The minimum atomic E-state index is 0.00250. The molecule has 0 unspecified atom stereocenters. The third-order valence-electron chi connectivity index (χ3n) is 6.29. The Morgan fingerprint density at radius 2 is 2.06 bits per heavy atom. The van der Waals surface area contributed by atoms with Gasteiger partial charge in [0, 0.05) is 37.7 Å².